The highest BCUT2D eigenvalue weighted by atomic mass is 15.2. The fourth-order valence-electron chi connectivity index (χ4n) is 2.45. The van der Waals surface area contributed by atoms with Crippen molar-refractivity contribution < 1.29 is 0 Å². The second-order valence-electron chi connectivity index (χ2n) is 5.19. The number of likely N-dealkylation sites (tertiary alicyclic amines) is 1. The molecule has 1 aliphatic heterocycles. The Kier molecular flexibility index (Phi) is 4.00. The van der Waals surface area contributed by atoms with Crippen molar-refractivity contribution >= 4 is 5.82 Å². The lowest BCUT2D eigenvalue weighted by molar-refractivity contribution is 0.312. The second kappa shape index (κ2) is 5.50. The van der Waals surface area contributed by atoms with Crippen molar-refractivity contribution in [2.24, 2.45) is 11.8 Å². The van der Waals surface area contributed by atoms with E-state index in [0.717, 1.165) is 30.7 Å². The van der Waals surface area contributed by atoms with E-state index in [-0.39, 0.29) is 0 Å². The quantitative estimate of drug-likeness (QED) is 0.866. The minimum Gasteiger partial charge on any atom is -0.370 e. The second-order valence-corrected chi connectivity index (χ2v) is 5.19. The Balaban J connectivity index is 1.97. The molecule has 2 rings (SSSR count). The Morgan fingerprint density at radius 3 is 2.65 bits per heavy atom. The van der Waals surface area contributed by atoms with Crippen molar-refractivity contribution in [3.63, 3.8) is 0 Å². The fourth-order valence-corrected chi connectivity index (χ4v) is 2.45. The molecular formula is C14H23N3. The maximum absolute atomic E-state index is 4.62. The smallest absolute Gasteiger partial charge is 0.126 e. The summed E-state index contributed by atoms with van der Waals surface area (Å²) in [5.41, 5.74) is 1.17. The topological polar surface area (TPSA) is 28.2 Å². The molecule has 17 heavy (non-hydrogen) atoms. The number of hydrogen-bond acceptors (Lipinski definition) is 3. The maximum atomic E-state index is 4.62. The van der Waals surface area contributed by atoms with E-state index in [1.165, 1.54) is 18.8 Å². The van der Waals surface area contributed by atoms with Gasteiger partial charge in [0.1, 0.15) is 5.82 Å². The van der Waals surface area contributed by atoms with Crippen molar-refractivity contribution in [2.75, 3.05) is 25.0 Å². The van der Waals surface area contributed by atoms with Crippen molar-refractivity contribution in [2.45, 2.75) is 27.3 Å². The number of aromatic nitrogens is 1. The van der Waals surface area contributed by atoms with E-state index in [1.54, 1.807) is 0 Å². The van der Waals surface area contributed by atoms with Crippen LogP contribution in [0.25, 0.3) is 0 Å². The van der Waals surface area contributed by atoms with E-state index in [9.17, 15) is 0 Å². The molecule has 1 aromatic heterocycles. The molecule has 3 nitrogen and oxygen atoms in total. The van der Waals surface area contributed by atoms with Gasteiger partial charge in [-0.25, -0.2) is 4.98 Å². The summed E-state index contributed by atoms with van der Waals surface area (Å²) in [6.45, 7) is 11.1. The highest BCUT2D eigenvalue weighted by molar-refractivity contribution is 5.34. The van der Waals surface area contributed by atoms with Gasteiger partial charge < -0.3 is 5.32 Å². The van der Waals surface area contributed by atoms with Crippen LogP contribution in [-0.4, -0.2) is 29.5 Å². The molecule has 0 amide bonds. The van der Waals surface area contributed by atoms with Crippen LogP contribution in [0.2, 0.25) is 0 Å². The summed E-state index contributed by atoms with van der Waals surface area (Å²) >= 11 is 0. The van der Waals surface area contributed by atoms with Gasteiger partial charge in [0.2, 0.25) is 0 Å². The minimum absolute atomic E-state index is 0.812. The largest absolute Gasteiger partial charge is 0.370 e. The summed E-state index contributed by atoms with van der Waals surface area (Å²) in [6, 6.07) is 6.24. The van der Waals surface area contributed by atoms with Crippen LogP contribution in [0.4, 0.5) is 5.82 Å². The standard InChI is InChI=1S/C14H23N3/c1-4-15-14-7-5-6-13(16-14)10-17-8-11(2)12(3)9-17/h5-7,11-12H,4,8-10H2,1-3H3,(H,15,16). The average Bonchev–Trinajstić information content (AvgIpc) is 2.59. The molecule has 0 spiro atoms. The summed E-state index contributed by atoms with van der Waals surface area (Å²) < 4.78 is 0. The van der Waals surface area contributed by atoms with E-state index in [2.05, 4.69) is 48.1 Å². The Morgan fingerprint density at radius 2 is 2.00 bits per heavy atom. The molecule has 0 aliphatic carbocycles. The average molecular weight is 233 g/mol. The lowest BCUT2D eigenvalue weighted by atomic mass is 10.0. The van der Waals surface area contributed by atoms with E-state index >= 15 is 0 Å². The van der Waals surface area contributed by atoms with E-state index in [1.807, 2.05) is 6.07 Å². The molecule has 1 fully saturated rings. The lowest BCUT2D eigenvalue weighted by Crippen LogP contribution is -2.21. The maximum Gasteiger partial charge on any atom is 0.126 e. The molecule has 3 heteroatoms. The van der Waals surface area contributed by atoms with Crippen molar-refractivity contribution in [3.05, 3.63) is 23.9 Å². The van der Waals surface area contributed by atoms with Gasteiger partial charge in [0.25, 0.3) is 0 Å². The SMILES string of the molecule is CCNc1cccc(CN2CC(C)C(C)C2)n1. The van der Waals surface area contributed by atoms with E-state index in [4.69, 9.17) is 0 Å². The Morgan fingerprint density at radius 1 is 1.29 bits per heavy atom. The first-order valence-corrected chi connectivity index (χ1v) is 6.61. The monoisotopic (exact) mass is 233 g/mol. The molecule has 1 saturated heterocycles. The van der Waals surface area contributed by atoms with Gasteiger partial charge in [-0.2, -0.15) is 0 Å². The molecule has 0 saturated carbocycles. The number of nitrogens with zero attached hydrogens (tertiary/aromatic N) is 2. The molecule has 0 bridgehead atoms. The van der Waals surface area contributed by atoms with Gasteiger partial charge in [-0.3, -0.25) is 4.90 Å². The third-order valence-corrected chi connectivity index (χ3v) is 3.61. The molecule has 1 N–H and O–H groups in total. The molecule has 0 radical (unpaired) electrons. The van der Waals surface area contributed by atoms with Crippen LogP contribution in [0.15, 0.2) is 18.2 Å². The van der Waals surface area contributed by atoms with Gasteiger partial charge in [0.05, 0.1) is 5.69 Å². The van der Waals surface area contributed by atoms with Crippen molar-refractivity contribution in [1.82, 2.24) is 9.88 Å². The van der Waals surface area contributed by atoms with Gasteiger partial charge in [-0.1, -0.05) is 19.9 Å². The van der Waals surface area contributed by atoms with Gasteiger partial charge >= 0.3 is 0 Å². The van der Waals surface area contributed by atoms with Gasteiger partial charge in [0, 0.05) is 26.2 Å². The van der Waals surface area contributed by atoms with Crippen LogP contribution < -0.4 is 5.32 Å². The van der Waals surface area contributed by atoms with Crippen LogP contribution in [-0.2, 0) is 6.54 Å². The van der Waals surface area contributed by atoms with Crippen LogP contribution >= 0.6 is 0 Å². The predicted octanol–water partition coefficient (Wildman–Crippen LogP) is 2.60. The summed E-state index contributed by atoms with van der Waals surface area (Å²) in [6.07, 6.45) is 0. The first kappa shape index (κ1) is 12.4. The van der Waals surface area contributed by atoms with Crippen LogP contribution in [0.3, 0.4) is 0 Å². The van der Waals surface area contributed by atoms with Crippen molar-refractivity contribution in [3.8, 4) is 0 Å². The zero-order valence-electron chi connectivity index (χ0n) is 11.1. The number of anilines is 1. The summed E-state index contributed by atoms with van der Waals surface area (Å²) in [5.74, 6) is 2.61. The molecule has 2 atom stereocenters. The zero-order chi connectivity index (χ0) is 12.3. The lowest BCUT2D eigenvalue weighted by Gasteiger charge is -2.15. The van der Waals surface area contributed by atoms with Crippen LogP contribution in [0.5, 0.6) is 0 Å². The third kappa shape index (κ3) is 3.19. The summed E-state index contributed by atoms with van der Waals surface area (Å²) in [4.78, 5) is 7.13. The van der Waals surface area contributed by atoms with E-state index in [0.29, 0.717) is 0 Å². The predicted molar refractivity (Wildman–Crippen MR) is 72.0 cm³/mol. The number of pyridine rings is 1. The highest BCUT2D eigenvalue weighted by Gasteiger charge is 2.25. The van der Waals surface area contributed by atoms with Crippen LogP contribution in [0.1, 0.15) is 26.5 Å². The normalized spacial score (nSPS) is 25.1. The molecule has 1 aromatic rings. The fraction of sp³-hybridized carbons (Fsp3) is 0.643. The Bertz CT molecular complexity index is 354. The first-order valence-electron chi connectivity index (χ1n) is 6.61. The summed E-state index contributed by atoms with van der Waals surface area (Å²) in [5, 5.41) is 3.26. The van der Waals surface area contributed by atoms with Gasteiger partial charge in [-0.15, -0.1) is 0 Å². The highest BCUT2D eigenvalue weighted by Crippen LogP contribution is 2.23. The Hall–Kier alpha value is -1.09. The summed E-state index contributed by atoms with van der Waals surface area (Å²) in [7, 11) is 0. The Labute approximate surface area is 104 Å². The number of rotatable bonds is 4. The molecule has 2 heterocycles. The molecule has 2 unspecified atom stereocenters. The molecule has 0 aromatic carbocycles. The molecule has 1 aliphatic rings. The van der Waals surface area contributed by atoms with Gasteiger partial charge in [0.15, 0.2) is 0 Å². The molecule has 94 valence electrons. The van der Waals surface area contributed by atoms with E-state index < -0.39 is 0 Å². The third-order valence-electron chi connectivity index (χ3n) is 3.61. The zero-order valence-corrected chi connectivity index (χ0v) is 11.1. The van der Waals surface area contributed by atoms with Crippen LogP contribution in [0, 0.1) is 11.8 Å². The number of nitrogens with one attached hydrogen (secondary N) is 1. The molecular weight excluding hydrogens is 210 g/mol. The van der Waals surface area contributed by atoms with Gasteiger partial charge in [-0.05, 0) is 30.9 Å². The first-order chi connectivity index (χ1) is 8.19. The number of hydrogen-bond donors (Lipinski definition) is 1. The van der Waals surface area contributed by atoms with Crippen molar-refractivity contribution in [1.29, 1.82) is 0 Å². The minimum atomic E-state index is 0.812.